The van der Waals surface area contributed by atoms with Gasteiger partial charge in [-0.2, -0.15) is 0 Å². The van der Waals surface area contributed by atoms with Gasteiger partial charge in [-0.15, -0.1) is 0 Å². The lowest BCUT2D eigenvalue weighted by Gasteiger charge is -2.39. The van der Waals surface area contributed by atoms with Crippen molar-refractivity contribution in [1.82, 2.24) is 10.2 Å². The average molecular weight is 341 g/mol. The zero-order valence-electron chi connectivity index (χ0n) is 14.6. The van der Waals surface area contributed by atoms with Gasteiger partial charge in [-0.25, -0.2) is 4.79 Å². The van der Waals surface area contributed by atoms with Crippen LogP contribution >= 0.6 is 0 Å². The van der Waals surface area contributed by atoms with Gasteiger partial charge in [-0.05, 0) is 51.4 Å². The molecule has 1 saturated heterocycles. The van der Waals surface area contributed by atoms with Gasteiger partial charge >= 0.3 is 6.03 Å². The van der Waals surface area contributed by atoms with Gasteiger partial charge < -0.3 is 10.2 Å². The summed E-state index contributed by atoms with van der Waals surface area (Å²) >= 11 is 0. The van der Waals surface area contributed by atoms with E-state index in [-0.39, 0.29) is 17.3 Å². The van der Waals surface area contributed by atoms with E-state index in [0.717, 1.165) is 0 Å². The monoisotopic (exact) mass is 340 g/mol. The maximum absolute atomic E-state index is 12.9. The molecule has 2 amide bonds. The van der Waals surface area contributed by atoms with Crippen LogP contribution < -0.4 is 5.32 Å². The maximum atomic E-state index is 12.9. The largest absolute Gasteiger partial charge is 0.335 e. The van der Waals surface area contributed by atoms with Gasteiger partial charge in [0.2, 0.25) is 0 Å². The molecule has 2 saturated carbocycles. The first kappa shape index (κ1) is 17.2. The minimum absolute atomic E-state index is 0.0670. The lowest BCUT2D eigenvalue weighted by Crippen LogP contribution is -2.58. The number of amides is 2. The molecule has 0 spiro atoms. The van der Waals surface area contributed by atoms with Gasteiger partial charge in [0.1, 0.15) is 0 Å². The van der Waals surface area contributed by atoms with Crippen LogP contribution in [0.25, 0.3) is 0 Å². The summed E-state index contributed by atoms with van der Waals surface area (Å²) in [4.78, 5) is 14.8. The number of urea groups is 1. The average Bonchev–Trinajstić information content (AvgIpc) is 3.23. The summed E-state index contributed by atoms with van der Waals surface area (Å²) < 4.78 is 12.0. The van der Waals surface area contributed by atoms with Crippen molar-refractivity contribution in [3.63, 3.8) is 0 Å². The van der Waals surface area contributed by atoms with E-state index in [1.54, 1.807) is 0 Å². The Morgan fingerprint density at radius 3 is 2.09 bits per heavy atom. The molecule has 0 radical (unpaired) electrons. The van der Waals surface area contributed by atoms with Crippen molar-refractivity contribution in [2.45, 2.75) is 82.5 Å². The third-order valence-corrected chi connectivity index (χ3v) is 8.29. The molecule has 3 atom stereocenters. The van der Waals surface area contributed by atoms with Crippen LogP contribution in [-0.2, 0) is 10.8 Å². The molecule has 0 bridgehead atoms. The van der Waals surface area contributed by atoms with E-state index in [1.807, 2.05) is 18.7 Å². The quantitative estimate of drug-likeness (QED) is 0.857. The van der Waals surface area contributed by atoms with Crippen LogP contribution in [0.15, 0.2) is 0 Å². The number of carbonyl (C=O) groups excluding carboxylic acids is 1. The minimum Gasteiger partial charge on any atom is -0.335 e. The fourth-order valence-electron chi connectivity index (χ4n) is 4.82. The number of hydrogen-bond acceptors (Lipinski definition) is 2. The van der Waals surface area contributed by atoms with Crippen molar-refractivity contribution in [2.24, 2.45) is 11.8 Å². The van der Waals surface area contributed by atoms with Gasteiger partial charge in [0.25, 0.3) is 0 Å². The molecule has 2 aliphatic carbocycles. The number of nitrogens with one attached hydrogen (secondary N) is 1. The van der Waals surface area contributed by atoms with Gasteiger partial charge in [0.15, 0.2) is 0 Å². The van der Waals surface area contributed by atoms with Gasteiger partial charge in [0, 0.05) is 35.2 Å². The highest BCUT2D eigenvalue weighted by molar-refractivity contribution is 7.85. The first-order chi connectivity index (χ1) is 11.1. The SMILES string of the molecule is CC1C(C)S(=O)CCN1C(=O)NC(C1CCCC1)C1CCCC1. The predicted octanol–water partition coefficient (Wildman–Crippen LogP) is 3.29. The topological polar surface area (TPSA) is 49.4 Å². The second-order valence-corrected chi connectivity index (χ2v) is 9.70. The van der Waals surface area contributed by atoms with Crippen LogP contribution in [0, 0.1) is 11.8 Å². The van der Waals surface area contributed by atoms with Crippen molar-refractivity contribution in [3.8, 4) is 0 Å². The van der Waals surface area contributed by atoms with Crippen LogP contribution in [0.4, 0.5) is 4.79 Å². The Morgan fingerprint density at radius 1 is 1.04 bits per heavy atom. The molecule has 3 fully saturated rings. The lowest BCUT2D eigenvalue weighted by atomic mass is 9.86. The molecule has 0 aromatic carbocycles. The molecule has 23 heavy (non-hydrogen) atoms. The smallest absolute Gasteiger partial charge is 0.317 e. The summed E-state index contributed by atoms with van der Waals surface area (Å²) in [6.07, 6.45) is 10.4. The predicted molar refractivity (Wildman–Crippen MR) is 94.9 cm³/mol. The van der Waals surface area contributed by atoms with Crippen molar-refractivity contribution < 1.29 is 9.00 Å². The van der Waals surface area contributed by atoms with E-state index >= 15 is 0 Å². The van der Waals surface area contributed by atoms with Crippen LogP contribution in [0.5, 0.6) is 0 Å². The second kappa shape index (κ2) is 7.54. The lowest BCUT2D eigenvalue weighted by molar-refractivity contribution is 0.162. The van der Waals surface area contributed by atoms with Crippen molar-refractivity contribution >= 4 is 16.8 Å². The summed E-state index contributed by atoms with van der Waals surface area (Å²) in [5.41, 5.74) is 0. The van der Waals surface area contributed by atoms with Crippen molar-refractivity contribution in [1.29, 1.82) is 0 Å². The third-order valence-electron chi connectivity index (χ3n) is 6.49. The van der Waals surface area contributed by atoms with Crippen molar-refractivity contribution in [3.05, 3.63) is 0 Å². The van der Waals surface area contributed by atoms with E-state index in [4.69, 9.17) is 0 Å². The van der Waals surface area contributed by atoms with E-state index in [0.29, 0.717) is 30.2 Å². The maximum Gasteiger partial charge on any atom is 0.317 e. The molecule has 5 heteroatoms. The Hall–Kier alpha value is -0.580. The van der Waals surface area contributed by atoms with Crippen LogP contribution in [0.1, 0.15) is 65.2 Å². The standard InChI is InChI=1S/C18H32N2O2S/c1-13-14(2)23(22)12-11-20(13)18(21)19-17(15-7-3-4-8-15)16-9-5-6-10-16/h13-17H,3-12H2,1-2H3,(H,19,21). The second-order valence-electron chi connectivity index (χ2n) is 7.79. The summed E-state index contributed by atoms with van der Waals surface area (Å²) in [5, 5.41) is 3.50. The Bertz CT molecular complexity index is 428. The highest BCUT2D eigenvalue weighted by Crippen LogP contribution is 2.37. The van der Waals surface area contributed by atoms with Gasteiger partial charge in [-0.3, -0.25) is 4.21 Å². The summed E-state index contributed by atoms with van der Waals surface area (Å²) in [7, 11) is -0.791. The highest BCUT2D eigenvalue weighted by atomic mass is 32.2. The normalized spacial score (nSPS) is 33.5. The van der Waals surface area contributed by atoms with Crippen LogP contribution in [-0.4, -0.2) is 44.8 Å². The van der Waals surface area contributed by atoms with Gasteiger partial charge in [-0.1, -0.05) is 25.7 Å². The van der Waals surface area contributed by atoms with E-state index in [1.165, 1.54) is 51.4 Å². The molecule has 0 aromatic heterocycles. The highest BCUT2D eigenvalue weighted by Gasteiger charge is 2.38. The fourth-order valence-corrected chi connectivity index (χ4v) is 6.15. The molecule has 132 valence electrons. The molecule has 1 N–H and O–H groups in total. The molecular formula is C18H32N2O2S. The van der Waals surface area contributed by atoms with E-state index < -0.39 is 10.8 Å². The number of rotatable bonds is 3. The fraction of sp³-hybridized carbons (Fsp3) is 0.944. The molecule has 1 heterocycles. The summed E-state index contributed by atoms with van der Waals surface area (Å²) in [6.45, 7) is 4.68. The molecule has 3 unspecified atom stereocenters. The van der Waals surface area contributed by atoms with E-state index in [2.05, 4.69) is 5.32 Å². The third kappa shape index (κ3) is 3.75. The zero-order valence-corrected chi connectivity index (χ0v) is 15.4. The first-order valence-electron chi connectivity index (χ1n) is 9.52. The summed E-state index contributed by atoms with van der Waals surface area (Å²) in [6, 6.07) is 0.518. The molecule has 4 nitrogen and oxygen atoms in total. The van der Waals surface area contributed by atoms with Crippen LogP contribution in [0.3, 0.4) is 0 Å². The first-order valence-corrected chi connectivity index (χ1v) is 10.9. The van der Waals surface area contributed by atoms with Gasteiger partial charge in [0.05, 0.1) is 5.25 Å². The minimum atomic E-state index is -0.791. The molecule has 3 aliphatic rings. The Morgan fingerprint density at radius 2 is 1.57 bits per heavy atom. The van der Waals surface area contributed by atoms with Crippen LogP contribution in [0.2, 0.25) is 0 Å². The molecular weight excluding hydrogens is 308 g/mol. The Labute approximate surface area is 143 Å². The molecule has 1 aliphatic heterocycles. The number of hydrogen-bond donors (Lipinski definition) is 1. The zero-order chi connectivity index (χ0) is 16.4. The van der Waals surface area contributed by atoms with Crippen molar-refractivity contribution in [2.75, 3.05) is 12.3 Å². The Kier molecular flexibility index (Phi) is 5.65. The number of nitrogens with zero attached hydrogens (tertiary/aromatic N) is 1. The molecule has 3 rings (SSSR count). The Balaban J connectivity index is 1.66. The summed E-state index contributed by atoms with van der Waals surface area (Å²) in [5.74, 6) is 1.97. The molecule has 0 aromatic rings. The van der Waals surface area contributed by atoms with E-state index in [9.17, 15) is 9.00 Å². The number of carbonyl (C=O) groups is 1.